The molecule has 5 unspecified atom stereocenters. The molecule has 5 nitrogen and oxygen atoms in total. The van der Waals surface area contributed by atoms with Crippen LogP contribution in [0.25, 0.3) is 0 Å². The predicted molar refractivity (Wildman–Crippen MR) is 109 cm³/mol. The van der Waals surface area contributed by atoms with Gasteiger partial charge in [0, 0.05) is 12.1 Å². The smallest absolute Gasteiger partial charge is 0.248 e. The van der Waals surface area contributed by atoms with Crippen LogP contribution in [0.1, 0.15) is 12.0 Å². The summed E-state index contributed by atoms with van der Waals surface area (Å²) in [6.45, 7) is 0. The third kappa shape index (κ3) is 2.97. The molecule has 2 aliphatic carbocycles. The quantitative estimate of drug-likeness (QED) is 0.634. The Labute approximate surface area is 169 Å². The maximum Gasteiger partial charge on any atom is 0.248 e. The largest absolute Gasteiger partial charge is 0.324 e. The van der Waals surface area contributed by atoms with Gasteiger partial charge in [0.1, 0.15) is 6.04 Å². The lowest BCUT2D eigenvalue weighted by molar-refractivity contribution is -0.147. The lowest BCUT2D eigenvalue weighted by Crippen LogP contribution is -2.49. The number of hydrogen-bond donors (Lipinski definition) is 1. The SMILES string of the molecule is O=C(Nc1ccccc1)C(Cc1ccccc1)N1C(=O)C2C3C=CC(C3)C2C1=O. The van der Waals surface area contributed by atoms with E-state index in [0.29, 0.717) is 12.1 Å². The number of rotatable bonds is 5. The molecule has 29 heavy (non-hydrogen) atoms. The first kappa shape index (κ1) is 17.9. The molecule has 0 radical (unpaired) electrons. The van der Waals surface area contributed by atoms with Crippen molar-refractivity contribution in [1.29, 1.82) is 0 Å². The first-order valence-electron chi connectivity index (χ1n) is 10.1. The van der Waals surface area contributed by atoms with E-state index in [4.69, 9.17) is 0 Å². The molecular formula is C24H22N2O3. The number of anilines is 1. The highest BCUT2D eigenvalue weighted by molar-refractivity contribution is 6.10. The van der Waals surface area contributed by atoms with E-state index in [1.165, 1.54) is 4.90 Å². The van der Waals surface area contributed by atoms with E-state index in [1.807, 2.05) is 48.5 Å². The van der Waals surface area contributed by atoms with E-state index in [-0.39, 0.29) is 41.4 Å². The number of fused-ring (bicyclic) bond motifs is 5. The average molecular weight is 386 g/mol. The fraction of sp³-hybridized carbons (Fsp3) is 0.292. The van der Waals surface area contributed by atoms with E-state index in [1.54, 1.807) is 12.1 Å². The zero-order valence-corrected chi connectivity index (χ0v) is 15.9. The minimum absolute atomic E-state index is 0.126. The lowest BCUT2D eigenvalue weighted by Gasteiger charge is -2.27. The van der Waals surface area contributed by atoms with Crippen LogP contribution in [0.2, 0.25) is 0 Å². The maximum absolute atomic E-state index is 13.3. The predicted octanol–water partition coefficient (Wildman–Crippen LogP) is 3.04. The number of allylic oxidation sites excluding steroid dienone is 2. The van der Waals surface area contributed by atoms with E-state index < -0.39 is 6.04 Å². The Morgan fingerprint density at radius 1 is 0.897 bits per heavy atom. The van der Waals surface area contributed by atoms with Crippen LogP contribution >= 0.6 is 0 Å². The number of nitrogens with zero attached hydrogens (tertiary/aromatic N) is 1. The molecule has 0 spiro atoms. The van der Waals surface area contributed by atoms with Gasteiger partial charge in [-0.15, -0.1) is 0 Å². The Hall–Kier alpha value is -3.21. The Morgan fingerprint density at radius 3 is 2.03 bits per heavy atom. The molecule has 3 amide bonds. The zero-order chi connectivity index (χ0) is 20.0. The van der Waals surface area contributed by atoms with Crippen molar-refractivity contribution in [3.8, 4) is 0 Å². The topological polar surface area (TPSA) is 66.5 Å². The van der Waals surface area contributed by atoms with Gasteiger partial charge in [-0.25, -0.2) is 0 Å². The number of likely N-dealkylation sites (tertiary alicyclic amines) is 1. The fourth-order valence-corrected chi connectivity index (χ4v) is 5.12. The fourth-order valence-electron chi connectivity index (χ4n) is 5.12. The molecule has 2 fully saturated rings. The summed E-state index contributed by atoms with van der Waals surface area (Å²) < 4.78 is 0. The second-order valence-corrected chi connectivity index (χ2v) is 8.11. The molecule has 1 saturated carbocycles. The molecule has 1 N–H and O–H groups in total. The maximum atomic E-state index is 13.3. The van der Waals surface area contributed by atoms with Gasteiger partial charge in [-0.3, -0.25) is 19.3 Å². The molecule has 0 aromatic heterocycles. The molecule has 1 aliphatic heterocycles. The normalized spacial score (nSPS) is 27.9. The van der Waals surface area contributed by atoms with Crippen molar-refractivity contribution in [3.05, 3.63) is 78.4 Å². The van der Waals surface area contributed by atoms with Crippen molar-refractivity contribution in [2.75, 3.05) is 5.32 Å². The molecule has 1 heterocycles. The summed E-state index contributed by atoms with van der Waals surface area (Å²) in [5.74, 6) is -1.08. The van der Waals surface area contributed by atoms with Crippen LogP contribution in [0, 0.1) is 23.7 Å². The Balaban J connectivity index is 1.46. The zero-order valence-electron chi connectivity index (χ0n) is 15.9. The molecule has 5 rings (SSSR count). The van der Waals surface area contributed by atoms with Gasteiger partial charge in [0.05, 0.1) is 11.8 Å². The van der Waals surface area contributed by atoms with Crippen LogP contribution in [0.3, 0.4) is 0 Å². The third-order valence-electron chi connectivity index (χ3n) is 6.43. The highest BCUT2D eigenvalue weighted by atomic mass is 16.2. The highest BCUT2D eigenvalue weighted by Gasteiger charge is 2.61. The average Bonchev–Trinajstić information content (AvgIpc) is 3.42. The molecule has 2 bridgehead atoms. The Morgan fingerprint density at radius 2 is 1.45 bits per heavy atom. The molecular weight excluding hydrogens is 364 g/mol. The summed E-state index contributed by atoms with van der Waals surface area (Å²) >= 11 is 0. The summed E-state index contributed by atoms with van der Waals surface area (Å²) in [6, 6.07) is 17.8. The second-order valence-electron chi connectivity index (χ2n) is 8.11. The van der Waals surface area contributed by atoms with Crippen molar-refractivity contribution in [1.82, 2.24) is 4.90 Å². The monoisotopic (exact) mass is 386 g/mol. The van der Waals surface area contributed by atoms with E-state index in [2.05, 4.69) is 17.5 Å². The van der Waals surface area contributed by atoms with Crippen molar-refractivity contribution in [2.45, 2.75) is 18.9 Å². The van der Waals surface area contributed by atoms with Crippen molar-refractivity contribution in [3.63, 3.8) is 0 Å². The number of para-hydroxylation sites is 1. The van der Waals surface area contributed by atoms with Gasteiger partial charge < -0.3 is 5.32 Å². The number of carbonyl (C=O) groups excluding carboxylic acids is 3. The first-order chi connectivity index (χ1) is 14.1. The number of benzene rings is 2. The van der Waals surface area contributed by atoms with E-state index >= 15 is 0 Å². The summed E-state index contributed by atoms with van der Waals surface area (Å²) in [5, 5.41) is 2.88. The number of imide groups is 1. The minimum atomic E-state index is -0.859. The van der Waals surface area contributed by atoms with Crippen LogP contribution in [0.15, 0.2) is 72.8 Å². The van der Waals surface area contributed by atoms with E-state index in [0.717, 1.165) is 12.0 Å². The minimum Gasteiger partial charge on any atom is -0.324 e. The molecule has 2 aromatic carbocycles. The van der Waals surface area contributed by atoms with Crippen LogP contribution < -0.4 is 5.32 Å². The van der Waals surface area contributed by atoms with Crippen LogP contribution in [-0.4, -0.2) is 28.7 Å². The lowest BCUT2D eigenvalue weighted by atomic mass is 9.85. The van der Waals surface area contributed by atoms with Gasteiger partial charge in [-0.1, -0.05) is 60.7 Å². The van der Waals surface area contributed by atoms with Gasteiger partial charge in [0.25, 0.3) is 0 Å². The van der Waals surface area contributed by atoms with E-state index in [9.17, 15) is 14.4 Å². The van der Waals surface area contributed by atoms with Gasteiger partial charge in [0.15, 0.2) is 0 Å². The summed E-state index contributed by atoms with van der Waals surface area (Å²) in [4.78, 5) is 41.0. The number of amides is 3. The summed E-state index contributed by atoms with van der Waals surface area (Å²) in [7, 11) is 0. The summed E-state index contributed by atoms with van der Waals surface area (Å²) in [6.07, 6.45) is 5.31. The molecule has 1 saturated heterocycles. The van der Waals surface area contributed by atoms with Crippen molar-refractivity contribution >= 4 is 23.4 Å². The van der Waals surface area contributed by atoms with Crippen LogP contribution in [-0.2, 0) is 20.8 Å². The Kier molecular flexibility index (Phi) is 4.31. The molecule has 5 heteroatoms. The number of nitrogens with one attached hydrogen (secondary N) is 1. The number of hydrogen-bond acceptors (Lipinski definition) is 3. The molecule has 5 atom stereocenters. The van der Waals surface area contributed by atoms with Gasteiger partial charge >= 0.3 is 0 Å². The van der Waals surface area contributed by atoms with Crippen molar-refractivity contribution < 1.29 is 14.4 Å². The molecule has 2 aromatic rings. The molecule has 3 aliphatic rings. The highest BCUT2D eigenvalue weighted by Crippen LogP contribution is 2.53. The second kappa shape index (κ2) is 6.99. The van der Waals surface area contributed by atoms with Gasteiger partial charge in [-0.2, -0.15) is 0 Å². The Bertz CT molecular complexity index is 956. The first-order valence-corrected chi connectivity index (χ1v) is 10.1. The van der Waals surface area contributed by atoms with Crippen LogP contribution in [0.4, 0.5) is 5.69 Å². The third-order valence-corrected chi connectivity index (χ3v) is 6.43. The number of carbonyl (C=O) groups is 3. The molecule has 146 valence electrons. The standard InChI is InChI=1S/C24H22N2O3/c27-22(25-18-9-5-2-6-10-18)19(13-15-7-3-1-4-8-15)26-23(28)20-16-11-12-17(14-16)21(20)24(26)29/h1-12,16-17,19-21H,13-14H2,(H,25,27). The summed E-state index contributed by atoms with van der Waals surface area (Å²) in [5.41, 5.74) is 1.57. The van der Waals surface area contributed by atoms with Crippen LogP contribution in [0.5, 0.6) is 0 Å². The van der Waals surface area contributed by atoms with Crippen molar-refractivity contribution in [2.24, 2.45) is 23.7 Å². The van der Waals surface area contributed by atoms with Gasteiger partial charge in [0.2, 0.25) is 17.7 Å². The van der Waals surface area contributed by atoms with Gasteiger partial charge in [-0.05, 0) is 36.0 Å².